The third kappa shape index (κ3) is 4.49. The van der Waals surface area contributed by atoms with Crippen molar-refractivity contribution in [3.8, 4) is 5.69 Å². The summed E-state index contributed by atoms with van der Waals surface area (Å²) in [6.07, 6.45) is 4.53. The maximum Gasteiger partial charge on any atom is 0.253 e. The third-order valence-electron chi connectivity index (χ3n) is 4.48. The molecule has 0 bridgehead atoms. The van der Waals surface area contributed by atoms with Crippen molar-refractivity contribution in [1.82, 2.24) is 24.9 Å². The Labute approximate surface area is 153 Å². The lowest BCUT2D eigenvalue weighted by Crippen LogP contribution is -2.51. The Balaban J connectivity index is 1.51. The van der Waals surface area contributed by atoms with E-state index in [1.54, 1.807) is 10.9 Å². The third-order valence-corrected chi connectivity index (χ3v) is 4.48. The van der Waals surface area contributed by atoms with Gasteiger partial charge in [0.05, 0.1) is 12.2 Å². The van der Waals surface area contributed by atoms with Crippen LogP contribution in [0.25, 0.3) is 5.69 Å². The Hall–Kier alpha value is -2.67. The van der Waals surface area contributed by atoms with E-state index in [1.165, 1.54) is 0 Å². The number of nitrogens with zero attached hydrogens (tertiary/aromatic N) is 4. The second kappa shape index (κ2) is 8.62. The fourth-order valence-corrected chi connectivity index (χ4v) is 2.99. The van der Waals surface area contributed by atoms with Gasteiger partial charge in [0.25, 0.3) is 5.91 Å². The molecule has 2 aromatic rings. The lowest BCUT2D eigenvalue weighted by atomic mass is 10.1. The summed E-state index contributed by atoms with van der Waals surface area (Å²) >= 11 is 0. The standard InChI is InChI=1S/C19H25N5O2/c1-2-8-20-18(25)15-22-11-13-23(14-12-22)19(26)16-4-6-17(7-5-16)24-10-3-9-21-24/h3-7,9-10H,2,8,11-15H2,1H3,(H,20,25). The van der Waals surface area contributed by atoms with E-state index in [2.05, 4.69) is 15.3 Å². The van der Waals surface area contributed by atoms with Gasteiger partial charge in [0.15, 0.2) is 0 Å². The fraction of sp³-hybridized carbons (Fsp3) is 0.421. The van der Waals surface area contributed by atoms with Gasteiger partial charge in [-0.3, -0.25) is 14.5 Å². The highest BCUT2D eigenvalue weighted by atomic mass is 16.2. The first kappa shape index (κ1) is 18.1. The summed E-state index contributed by atoms with van der Waals surface area (Å²) in [6, 6.07) is 9.33. The van der Waals surface area contributed by atoms with Gasteiger partial charge in [0.2, 0.25) is 5.91 Å². The van der Waals surface area contributed by atoms with Crippen molar-refractivity contribution in [3.63, 3.8) is 0 Å². The highest BCUT2D eigenvalue weighted by Crippen LogP contribution is 2.12. The van der Waals surface area contributed by atoms with Gasteiger partial charge in [-0.2, -0.15) is 5.10 Å². The van der Waals surface area contributed by atoms with E-state index in [9.17, 15) is 9.59 Å². The molecule has 0 saturated carbocycles. The lowest BCUT2D eigenvalue weighted by Gasteiger charge is -2.34. The van der Waals surface area contributed by atoms with Crippen LogP contribution in [0.3, 0.4) is 0 Å². The van der Waals surface area contributed by atoms with Crippen LogP contribution in [-0.4, -0.2) is 70.7 Å². The number of rotatable bonds is 6. The minimum atomic E-state index is 0.0344. The van der Waals surface area contributed by atoms with Gasteiger partial charge < -0.3 is 10.2 Å². The van der Waals surface area contributed by atoms with Crippen molar-refractivity contribution in [1.29, 1.82) is 0 Å². The van der Waals surface area contributed by atoms with E-state index in [4.69, 9.17) is 0 Å². The first-order valence-corrected chi connectivity index (χ1v) is 9.06. The Bertz CT molecular complexity index is 719. The molecule has 1 saturated heterocycles. The summed E-state index contributed by atoms with van der Waals surface area (Å²) in [5.41, 5.74) is 1.60. The zero-order chi connectivity index (χ0) is 18.4. The van der Waals surface area contributed by atoms with E-state index in [0.29, 0.717) is 31.7 Å². The normalized spacial score (nSPS) is 15.0. The van der Waals surface area contributed by atoms with Crippen LogP contribution in [0.5, 0.6) is 0 Å². The first-order valence-electron chi connectivity index (χ1n) is 9.06. The molecule has 0 atom stereocenters. The van der Waals surface area contributed by atoms with Crippen LogP contribution in [0.2, 0.25) is 0 Å². The second-order valence-electron chi connectivity index (χ2n) is 6.42. The topological polar surface area (TPSA) is 70.5 Å². The molecule has 1 aliphatic rings. The number of hydrogen-bond acceptors (Lipinski definition) is 4. The van der Waals surface area contributed by atoms with Crippen molar-refractivity contribution < 1.29 is 9.59 Å². The fourth-order valence-electron chi connectivity index (χ4n) is 2.99. The van der Waals surface area contributed by atoms with E-state index in [1.807, 2.05) is 48.4 Å². The molecule has 2 amide bonds. The molecule has 0 radical (unpaired) electrons. The molecule has 7 heteroatoms. The van der Waals surface area contributed by atoms with Crippen LogP contribution in [0.15, 0.2) is 42.7 Å². The maximum atomic E-state index is 12.7. The van der Waals surface area contributed by atoms with Crippen molar-refractivity contribution in [2.24, 2.45) is 0 Å². The van der Waals surface area contributed by atoms with Gasteiger partial charge in [-0.15, -0.1) is 0 Å². The average Bonchev–Trinajstić information content (AvgIpc) is 3.21. The van der Waals surface area contributed by atoms with Crippen molar-refractivity contribution in [2.45, 2.75) is 13.3 Å². The summed E-state index contributed by atoms with van der Waals surface area (Å²) in [7, 11) is 0. The number of nitrogens with one attached hydrogen (secondary N) is 1. The molecule has 138 valence electrons. The number of benzene rings is 1. The van der Waals surface area contributed by atoms with Gasteiger partial charge in [-0.25, -0.2) is 4.68 Å². The summed E-state index contributed by atoms with van der Waals surface area (Å²) < 4.78 is 1.76. The quantitative estimate of drug-likeness (QED) is 0.844. The number of carbonyl (C=O) groups excluding carboxylic acids is 2. The first-order chi connectivity index (χ1) is 12.7. The minimum absolute atomic E-state index is 0.0344. The second-order valence-corrected chi connectivity index (χ2v) is 6.42. The molecule has 0 unspecified atom stereocenters. The van der Waals surface area contributed by atoms with Crippen LogP contribution in [0.4, 0.5) is 0 Å². The minimum Gasteiger partial charge on any atom is -0.355 e. The highest BCUT2D eigenvalue weighted by Gasteiger charge is 2.23. The van der Waals surface area contributed by atoms with Crippen molar-refractivity contribution in [2.75, 3.05) is 39.3 Å². The van der Waals surface area contributed by atoms with E-state index in [-0.39, 0.29) is 11.8 Å². The van der Waals surface area contributed by atoms with Crippen molar-refractivity contribution in [3.05, 3.63) is 48.3 Å². The summed E-state index contributed by atoms with van der Waals surface area (Å²) in [6.45, 7) is 5.87. The van der Waals surface area contributed by atoms with E-state index < -0.39 is 0 Å². The van der Waals surface area contributed by atoms with Gasteiger partial charge >= 0.3 is 0 Å². The lowest BCUT2D eigenvalue weighted by molar-refractivity contribution is -0.122. The highest BCUT2D eigenvalue weighted by molar-refractivity contribution is 5.94. The Morgan fingerprint density at radius 2 is 1.85 bits per heavy atom. The van der Waals surface area contributed by atoms with Gasteiger partial charge in [-0.05, 0) is 36.8 Å². The van der Waals surface area contributed by atoms with Gasteiger partial charge in [0.1, 0.15) is 0 Å². The Morgan fingerprint density at radius 3 is 2.46 bits per heavy atom. The summed E-state index contributed by atoms with van der Waals surface area (Å²) in [5, 5.41) is 7.07. The van der Waals surface area contributed by atoms with Crippen molar-refractivity contribution >= 4 is 11.8 Å². The number of piperazine rings is 1. The molecule has 26 heavy (non-hydrogen) atoms. The Kier molecular flexibility index (Phi) is 6.01. The predicted octanol–water partition coefficient (Wildman–Crippen LogP) is 1.16. The number of carbonyl (C=O) groups is 2. The Morgan fingerprint density at radius 1 is 1.12 bits per heavy atom. The average molecular weight is 355 g/mol. The predicted molar refractivity (Wildman–Crippen MR) is 99.2 cm³/mol. The smallest absolute Gasteiger partial charge is 0.253 e. The molecule has 1 fully saturated rings. The molecule has 1 N–H and O–H groups in total. The maximum absolute atomic E-state index is 12.7. The molecule has 0 spiro atoms. The summed E-state index contributed by atoms with van der Waals surface area (Å²) in [5.74, 6) is 0.0907. The number of aromatic nitrogens is 2. The molecular weight excluding hydrogens is 330 g/mol. The van der Waals surface area contributed by atoms with Crippen LogP contribution in [0, 0.1) is 0 Å². The monoisotopic (exact) mass is 355 g/mol. The number of hydrogen-bond donors (Lipinski definition) is 1. The van der Waals surface area contributed by atoms with Gasteiger partial charge in [-0.1, -0.05) is 6.92 Å². The van der Waals surface area contributed by atoms with E-state index >= 15 is 0 Å². The zero-order valence-corrected chi connectivity index (χ0v) is 15.1. The summed E-state index contributed by atoms with van der Waals surface area (Å²) in [4.78, 5) is 28.4. The zero-order valence-electron chi connectivity index (χ0n) is 15.1. The molecule has 1 aromatic heterocycles. The molecule has 0 aliphatic carbocycles. The largest absolute Gasteiger partial charge is 0.355 e. The molecule has 3 rings (SSSR count). The van der Waals surface area contributed by atoms with Crippen LogP contribution in [0.1, 0.15) is 23.7 Å². The van der Waals surface area contributed by atoms with Gasteiger partial charge in [0, 0.05) is 50.7 Å². The molecule has 1 aliphatic heterocycles. The molecular formula is C19H25N5O2. The van der Waals surface area contributed by atoms with Crippen LogP contribution >= 0.6 is 0 Å². The number of amides is 2. The molecule has 1 aromatic carbocycles. The SMILES string of the molecule is CCCNC(=O)CN1CCN(C(=O)c2ccc(-n3cccn3)cc2)CC1. The van der Waals surface area contributed by atoms with Crippen LogP contribution in [-0.2, 0) is 4.79 Å². The van der Waals surface area contributed by atoms with Crippen LogP contribution < -0.4 is 5.32 Å². The molecule has 2 heterocycles. The molecule has 7 nitrogen and oxygen atoms in total. The van der Waals surface area contributed by atoms with E-state index in [0.717, 1.165) is 25.2 Å².